The first kappa shape index (κ1) is 16.5. The summed E-state index contributed by atoms with van der Waals surface area (Å²) in [6, 6.07) is 1.06. The maximum absolute atomic E-state index is 12.1. The molecule has 21 heavy (non-hydrogen) atoms. The lowest BCUT2D eigenvalue weighted by Gasteiger charge is -2.28. The van der Waals surface area contributed by atoms with E-state index < -0.39 is 15.9 Å². The van der Waals surface area contributed by atoms with Crippen molar-refractivity contribution in [2.24, 2.45) is 11.1 Å². The summed E-state index contributed by atoms with van der Waals surface area (Å²) < 4.78 is 32.9. The average molecular weight is 381 g/mol. The molecular weight excluding hydrogens is 364 g/mol. The number of amides is 1. The van der Waals surface area contributed by atoms with Crippen LogP contribution in [0.25, 0.3) is 0 Å². The highest BCUT2D eigenvalue weighted by Crippen LogP contribution is 2.25. The molecule has 1 atom stereocenters. The van der Waals surface area contributed by atoms with Crippen LogP contribution in [0.2, 0.25) is 0 Å². The van der Waals surface area contributed by atoms with Gasteiger partial charge in [-0.3, -0.25) is 4.79 Å². The van der Waals surface area contributed by atoms with Gasteiger partial charge in [0.05, 0.1) is 0 Å². The Morgan fingerprint density at radius 2 is 2.10 bits per heavy atom. The van der Waals surface area contributed by atoms with Crippen molar-refractivity contribution in [1.82, 2.24) is 5.32 Å². The van der Waals surface area contributed by atoms with Crippen LogP contribution < -0.4 is 10.5 Å². The van der Waals surface area contributed by atoms with Crippen molar-refractivity contribution in [3.63, 3.8) is 0 Å². The molecule has 1 aliphatic heterocycles. The van der Waals surface area contributed by atoms with Crippen LogP contribution >= 0.6 is 15.9 Å². The highest BCUT2D eigenvalue weighted by Gasteiger charge is 2.26. The first-order chi connectivity index (χ1) is 9.79. The van der Waals surface area contributed by atoms with Crippen molar-refractivity contribution >= 4 is 31.9 Å². The Kier molecular flexibility index (Phi) is 5.07. The van der Waals surface area contributed by atoms with Crippen LogP contribution in [0.4, 0.5) is 0 Å². The SMILES string of the molecule is CC(NC(=O)c1cc(S(N)(=O)=O)c(Br)o1)C1CCOCC1. The number of nitrogens with two attached hydrogens (primary N) is 1. The molecule has 2 heterocycles. The molecule has 118 valence electrons. The van der Waals surface area contributed by atoms with Gasteiger partial charge in [0.1, 0.15) is 4.90 Å². The largest absolute Gasteiger partial charge is 0.443 e. The molecule has 0 radical (unpaired) electrons. The lowest BCUT2D eigenvalue weighted by atomic mass is 9.93. The summed E-state index contributed by atoms with van der Waals surface area (Å²) in [5, 5.41) is 7.84. The summed E-state index contributed by atoms with van der Waals surface area (Å²) in [7, 11) is -3.93. The lowest BCUT2D eigenvalue weighted by Crippen LogP contribution is -2.40. The van der Waals surface area contributed by atoms with Gasteiger partial charge in [0.25, 0.3) is 5.91 Å². The number of primary sulfonamides is 1. The minimum Gasteiger partial charge on any atom is -0.443 e. The molecule has 7 nitrogen and oxygen atoms in total. The lowest BCUT2D eigenvalue weighted by molar-refractivity contribution is 0.0534. The summed E-state index contributed by atoms with van der Waals surface area (Å²) in [5.74, 6) is -0.229. The Morgan fingerprint density at radius 1 is 1.48 bits per heavy atom. The molecule has 1 saturated heterocycles. The van der Waals surface area contributed by atoms with Crippen LogP contribution in [-0.2, 0) is 14.8 Å². The Morgan fingerprint density at radius 3 is 2.62 bits per heavy atom. The molecule has 9 heteroatoms. The van der Waals surface area contributed by atoms with E-state index in [1.165, 1.54) is 0 Å². The summed E-state index contributed by atoms with van der Waals surface area (Å²) >= 11 is 2.94. The molecule has 0 aliphatic carbocycles. The third-order valence-corrected chi connectivity index (χ3v) is 5.29. The van der Waals surface area contributed by atoms with Crippen LogP contribution in [0, 0.1) is 5.92 Å². The fourth-order valence-corrected chi connectivity index (χ4v) is 3.77. The zero-order valence-corrected chi connectivity index (χ0v) is 13.9. The number of sulfonamides is 1. The third-order valence-electron chi connectivity index (χ3n) is 3.52. The molecule has 0 saturated carbocycles. The zero-order chi connectivity index (χ0) is 15.6. The van der Waals surface area contributed by atoms with Crippen molar-refractivity contribution in [2.75, 3.05) is 13.2 Å². The minimum absolute atomic E-state index is 0.0526. The summed E-state index contributed by atoms with van der Waals surface area (Å²) in [4.78, 5) is 11.9. The number of furan rings is 1. The van der Waals surface area contributed by atoms with Gasteiger partial charge in [-0.2, -0.15) is 0 Å². The van der Waals surface area contributed by atoms with Gasteiger partial charge in [0, 0.05) is 25.3 Å². The first-order valence-electron chi connectivity index (χ1n) is 6.50. The fraction of sp³-hybridized carbons (Fsp3) is 0.583. The highest BCUT2D eigenvalue weighted by molar-refractivity contribution is 9.10. The number of hydrogen-bond donors (Lipinski definition) is 2. The maximum atomic E-state index is 12.1. The monoisotopic (exact) mass is 380 g/mol. The fourth-order valence-electron chi connectivity index (χ4n) is 2.27. The normalized spacial score (nSPS) is 18.4. The number of nitrogens with one attached hydrogen (secondary N) is 1. The summed E-state index contributed by atoms with van der Waals surface area (Å²) in [5.41, 5.74) is 0. The molecule has 0 bridgehead atoms. The second kappa shape index (κ2) is 6.47. The topological polar surface area (TPSA) is 112 Å². The van der Waals surface area contributed by atoms with E-state index in [1.54, 1.807) is 0 Å². The van der Waals surface area contributed by atoms with Crippen molar-refractivity contribution in [2.45, 2.75) is 30.7 Å². The number of ether oxygens (including phenoxy) is 1. The number of carbonyl (C=O) groups is 1. The molecular formula is C12H17BrN2O5S. The van der Waals surface area contributed by atoms with Gasteiger partial charge in [-0.25, -0.2) is 13.6 Å². The Balaban J connectivity index is 2.06. The van der Waals surface area contributed by atoms with Crippen molar-refractivity contribution in [3.05, 3.63) is 16.5 Å². The quantitative estimate of drug-likeness (QED) is 0.815. The van der Waals surface area contributed by atoms with E-state index >= 15 is 0 Å². The van der Waals surface area contributed by atoms with Gasteiger partial charge in [-0.05, 0) is 41.6 Å². The standard InChI is InChI=1S/C12H17BrN2O5S/c1-7(8-2-4-19-5-3-8)15-12(16)9-6-10(11(13)20-9)21(14,17)18/h6-8H,2-5H2,1H3,(H,15,16)(H2,14,17,18). The van der Waals surface area contributed by atoms with Crippen LogP contribution in [0.1, 0.15) is 30.3 Å². The molecule has 1 fully saturated rings. The molecule has 1 aliphatic rings. The second-order valence-corrected chi connectivity index (χ2v) is 7.26. The molecule has 1 unspecified atom stereocenters. The predicted octanol–water partition coefficient (Wildman–Crippen LogP) is 1.23. The Bertz CT molecular complexity index is 622. The van der Waals surface area contributed by atoms with E-state index in [9.17, 15) is 13.2 Å². The van der Waals surface area contributed by atoms with E-state index in [0.717, 1.165) is 18.9 Å². The van der Waals surface area contributed by atoms with Crippen molar-refractivity contribution in [1.29, 1.82) is 0 Å². The highest BCUT2D eigenvalue weighted by atomic mass is 79.9. The van der Waals surface area contributed by atoms with Gasteiger partial charge in [-0.1, -0.05) is 0 Å². The molecule has 2 rings (SSSR count). The molecule has 3 N–H and O–H groups in total. The maximum Gasteiger partial charge on any atom is 0.287 e. The van der Waals surface area contributed by atoms with E-state index in [4.69, 9.17) is 14.3 Å². The van der Waals surface area contributed by atoms with Crippen LogP contribution in [0.5, 0.6) is 0 Å². The average Bonchev–Trinajstić information content (AvgIpc) is 2.82. The Hall–Kier alpha value is -0.900. The van der Waals surface area contributed by atoms with E-state index in [-0.39, 0.29) is 21.4 Å². The number of rotatable bonds is 4. The van der Waals surface area contributed by atoms with E-state index in [0.29, 0.717) is 19.1 Å². The zero-order valence-electron chi connectivity index (χ0n) is 11.5. The smallest absolute Gasteiger partial charge is 0.287 e. The number of hydrogen-bond acceptors (Lipinski definition) is 5. The Labute approximate surface area is 131 Å². The minimum atomic E-state index is -3.93. The second-order valence-electron chi connectivity index (χ2n) is 5.01. The van der Waals surface area contributed by atoms with Gasteiger partial charge >= 0.3 is 0 Å². The van der Waals surface area contributed by atoms with Gasteiger partial charge in [-0.15, -0.1) is 0 Å². The number of halogens is 1. The molecule has 0 spiro atoms. The van der Waals surface area contributed by atoms with Gasteiger partial charge < -0.3 is 14.5 Å². The van der Waals surface area contributed by atoms with Crippen LogP contribution in [0.3, 0.4) is 0 Å². The van der Waals surface area contributed by atoms with Gasteiger partial charge in [0.15, 0.2) is 10.4 Å². The van der Waals surface area contributed by atoms with Crippen LogP contribution in [0.15, 0.2) is 20.0 Å². The summed E-state index contributed by atoms with van der Waals surface area (Å²) in [6.45, 7) is 3.28. The first-order valence-corrected chi connectivity index (χ1v) is 8.83. The molecule has 1 amide bonds. The van der Waals surface area contributed by atoms with Crippen molar-refractivity contribution < 1.29 is 22.4 Å². The molecule has 1 aromatic rings. The molecule has 0 aromatic carbocycles. The molecule has 1 aromatic heterocycles. The summed E-state index contributed by atoms with van der Waals surface area (Å²) in [6.07, 6.45) is 1.76. The van der Waals surface area contributed by atoms with Gasteiger partial charge in [0.2, 0.25) is 10.0 Å². The van der Waals surface area contributed by atoms with E-state index in [1.807, 2.05) is 6.92 Å². The number of carbonyl (C=O) groups excluding carboxylic acids is 1. The van der Waals surface area contributed by atoms with Crippen molar-refractivity contribution in [3.8, 4) is 0 Å². The third kappa shape index (κ3) is 4.06. The van der Waals surface area contributed by atoms with E-state index in [2.05, 4.69) is 21.2 Å². The predicted molar refractivity (Wildman–Crippen MR) is 78.3 cm³/mol. The van der Waals surface area contributed by atoms with Crippen LogP contribution in [-0.4, -0.2) is 33.6 Å².